The molecular weight excluding hydrogens is 186 g/mol. The van der Waals surface area contributed by atoms with E-state index in [1.54, 1.807) is 5.51 Å². The van der Waals surface area contributed by atoms with Gasteiger partial charge in [0.1, 0.15) is 6.10 Å². The van der Waals surface area contributed by atoms with Crippen LogP contribution in [0.4, 0.5) is 0 Å². The van der Waals surface area contributed by atoms with Gasteiger partial charge in [-0.05, 0) is 11.8 Å². The van der Waals surface area contributed by atoms with Crippen LogP contribution in [0.2, 0.25) is 0 Å². The topological polar surface area (TPSA) is 42.4 Å². The fourth-order valence-electron chi connectivity index (χ4n) is 2.32. The van der Waals surface area contributed by atoms with Crippen LogP contribution in [-0.2, 0) is 4.74 Å². The number of aliphatic hydroxyl groups is 1. The summed E-state index contributed by atoms with van der Waals surface area (Å²) in [6.45, 7) is 1.66. The molecule has 3 nitrogen and oxygen atoms in total. The second kappa shape index (κ2) is 2.77. The Bertz CT molecular complexity index is 291. The van der Waals surface area contributed by atoms with Gasteiger partial charge in [0.25, 0.3) is 0 Å². The molecule has 1 aromatic rings. The molecule has 1 saturated heterocycles. The van der Waals surface area contributed by atoms with Crippen molar-refractivity contribution in [3.63, 3.8) is 0 Å². The minimum atomic E-state index is -0.356. The van der Waals surface area contributed by atoms with Crippen molar-refractivity contribution >= 4 is 11.3 Å². The molecule has 1 saturated carbocycles. The van der Waals surface area contributed by atoms with Gasteiger partial charge in [0.2, 0.25) is 0 Å². The number of hydrogen-bond donors (Lipinski definition) is 1. The van der Waals surface area contributed by atoms with Crippen LogP contribution in [-0.4, -0.2) is 23.3 Å². The maximum absolute atomic E-state index is 9.94. The van der Waals surface area contributed by atoms with Crippen LogP contribution < -0.4 is 0 Å². The summed E-state index contributed by atoms with van der Waals surface area (Å²) in [7, 11) is 0. The monoisotopic (exact) mass is 197 g/mol. The molecule has 2 fully saturated rings. The fourth-order valence-corrected chi connectivity index (χ4v) is 2.90. The SMILES string of the molecule is OC(c1cscn1)C1C2COCC21. The first-order valence-electron chi connectivity index (χ1n) is 4.52. The van der Waals surface area contributed by atoms with Gasteiger partial charge in [-0.3, -0.25) is 0 Å². The van der Waals surface area contributed by atoms with Gasteiger partial charge >= 0.3 is 0 Å². The second-order valence-corrected chi connectivity index (χ2v) is 4.52. The number of thiazole rings is 1. The number of fused-ring (bicyclic) bond motifs is 1. The van der Waals surface area contributed by atoms with Crippen molar-refractivity contribution in [2.75, 3.05) is 13.2 Å². The van der Waals surface area contributed by atoms with Crippen LogP contribution in [0.3, 0.4) is 0 Å². The smallest absolute Gasteiger partial charge is 0.100 e. The molecule has 1 aliphatic carbocycles. The summed E-state index contributed by atoms with van der Waals surface area (Å²) in [4.78, 5) is 4.13. The van der Waals surface area contributed by atoms with Gasteiger partial charge in [-0.1, -0.05) is 0 Å². The molecular formula is C9H11NO2S. The quantitative estimate of drug-likeness (QED) is 0.771. The molecule has 4 heteroatoms. The highest BCUT2D eigenvalue weighted by molar-refractivity contribution is 7.07. The highest BCUT2D eigenvalue weighted by Crippen LogP contribution is 2.56. The molecule has 3 atom stereocenters. The molecule has 2 heterocycles. The maximum Gasteiger partial charge on any atom is 0.100 e. The van der Waals surface area contributed by atoms with Crippen molar-refractivity contribution in [3.8, 4) is 0 Å². The van der Waals surface area contributed by atoms with Gasteiger partial charge in [-0.25, -0.2) is 4.98 Å². The van der Waals surface area contributed by atoms with Crippen LogP contribution in [0, 0.1) is 17.8 Å². The van der Waals surface area contributed by atoms with Crippen LogP contribution in [0.15, 0.2) is 10.9 Å². The van der Waals surface area contributed by atoms with E-state index in [0.29, 0.717) is 17.8 Å². The normalized spacial score (nSPS) is 38.7. The van der Waals surface area contributed by atoms with Crippen LogP contribution >= 0.6 is 11.3 Å². The van der Waals surface area contributed by atoms with E-state index < -0.39 is 0 Å². The number of hydrogen-bond acceptors (Lipinski definition) is 4. The van der Waals surface area contributed by atoms with E-state index in [9.17, 15) is 5.11 Å². The average molecular weight is 197 g/mol. The van der Waals surface area contributed by atoms with Gasteiger partial charge in [0, 0.05) is 11.3 Å². The minimum absolute atomic E-state index is 0.356. The Hall–Kier alpha value is -0.450. The molecule has 0 radical (unpaired) electrons. The Morgan fingerprint density at radius 2 is 2.31 bits per heavy atom. The standard InChI is InChI=1S/C9H11NO2S/c11-9(7-3-13-4-10-7)8-5-1-12-2-6(5)8/h3-6,8-9,11H,1-2H2. The summed E-state index contributed by atoms with van der Waals surface area (Å²) in [6.07, 6.45) is -0.356. The molecule has 1 N–H and O–H groups in total. The molecule has 0 amide bonds. The Kier molecular flexibility index (Phi) is 1.68. The lowest BCUT2D eigenvalue weighted by molar-refractivity contribution is 0.0866. The van der Waals surface area contributed by atoms with E-state index in [1.165, 1.54) is 11.3 Å². The Morgan fingerprint density at radius 3 is 2.92 bits per heavy atom. The first-order valence-corrected chi connectivity index (χ1v) is 5.46. The fraction of sp³-hybridized carbons (Fsp3) is 0.667. The average Bonchev–Trinajstić information content (AvgIpc) is 2.68. The van der Waals surface area contributed by atoms with E-state index in [4.69, 9.17) is 4.74 Å². The van der Waals surface area contributed by atoms with E-state index in [-0.39, 0.29) is 6.10 Å². The van der Waals surface area contributed by atoms with Gasteiger partial charge in [0.05, 0.1) is 24.4 Å². The van der Waals surface area contributed by atoms with E-state index in [1.807, 2.05) is 5.38 Å². The molecule has 2 aliphatic rings. The van der Waals surface area contributed by atoms with Gasteiger partial charge in [0.15, 0.2) is 0 Å². The molecule has 13 heavy (non-hydrogen) atoms. The third kappa shape index (κ3) is 1.13. The molecule has 70 valence electrons. The predicted molar refractivity (Wildman–Crippen MR) is 48.4 cm³/mol. The maximum atomic E-state index is 9.94. The van der Waals surface area contributed by atoms with E-state index in [2.05, 4.69) is 4.98 Å². The predicted octanol–water partition coefficient (Wildman–Crippen LogP) is 1.07. The molecule has 0 bridgehead atoms. The Labute approximate surface area is 80.4 Å². The number of aromatic nitrogens is 1. The van der Waals surface area contributed by atoms with Crippen molar-refractivity contribution in [2.24, 2.45) is 17.8 Å². The van der Waals surface area contributed by atoms with Crippen LogP contribution in [0.25, 0.3) is 0 Å². The second-order valence-electron chi connectivity index (χ2n) is 3.80. The Morgan fingerprint density at radius 1 is 1.54 bits per heavy atom. The minimum Gasteiger partial charge on any atom is -0.386 e. The summed E-state index contributed by atoms with van der Waals surface area (Å²) in [5, 5.41) is 11.9. The number of rotatable bonds is 2. The van der Waals surface area contributed by atoms with Crippen LogP contribution in [0.5, 0.6) is 0 Å². The number of nitrogens with zero attached hydrogens (tertiary/aromatic N) is 1. The summed E-state index contributed by atoms with van der Waals surface area (Å²) < 4.78 is 5.28. The lowest BCUT2D eigenvalue weighted by Gasteiger charge is -2.09. The van der Waals surface area contributed by atoms with Gasteiger partial charge in [-0.15, -0.1) is 11.3 Å². The van der Waals surface area contributed by atoms with Crippen molar-refractivity contribution in [2.45, 2.75) is 6.10 Å². The largest absolute Gasteiger partial charge is 0.386 e. The van der Waals surface area contributed by atoms with Gasteiger partial charge < -0.3 is 9.84 Å². The van der Waals surface area contributed by atoms with Gasteiger partial charge in [-0.2, -0.15) is 0 Å². The Balaban J connectivity index is 1.74. The zero-order chi connectivity index (χ0) is 8.84. The molecule has 1 aromatic heterocycles. The third-order valence-corrected chi connectivity index (χ3v) is 3.74. The number of ether oxygens (including phenoxy) is 1. The summed E-state index contributed by atoms with van der Waals surface area (Å²) in [6, 6.07) is 0. The van der Waals surface area contributed by atoms with E-state index >= 15 is 0 Å². The number of aliphatic hydroxyl groups excluding tert-OH is 1. The van der Waals surface area contributed by atoms with E-state index in [0.717, 1.165) is 18.9 Å². The van der Waals surface area contributed by atoms with Crippen molar-refractivity contribution in [1.82, 2.24) is 4.98 Å². The van der Waals surface area contributed by atoms with Crippen LogP contribution in [0.1, 0.15) is 11.8 Å². The zero-order valence-corrected chi connectivity index (χ0v) is 7.91. The van der Waals surface area contributed by atoms with Crippen molar-refractivity contribution in [3.05, 3.63) is 16.6 Å². The summed E-state index contributed by atoms with van der Waals surface area (Å²) in [5.41, 5.74) is 2.61. The zero-order valence-electron chi connectivity index (χ0n) is 7.09. The molecule has 3 rings (SSSR count). The highest BCUT2D eigenvalue weighted by atomic mass is 32.1. The molecule has 0 spiro atoms. The third-order valence-electron chi connectivity index (χ3n) is 3.14. The van der Waals surface area contributed by atoms with Crippen molar-refractivity contribution in [1.29, 1.82) is 0 Å². The summed E-state index contributed by atoms with van der Waals surface area (Å²) >= 11 is 1.54. The first kappa shape index (κ1) is 7.91. The molecule has 0 aromatic carbocycles. The molecule has 3 unspecified atom stereocenters. The first-order chi connectivity index (χ1) is 6.38. The summed E-state index contributed by atoms with van der Waals surface area (Å²) in [5.74, 6) is 1.60. The van der Waals surface area contributed by atoms with Crippen molar-refractivity contribution < 1.29 is 9.84 Å². The lowest BCUT2D eigenvalue weighted by atomic mass is 10.1. The lowest BCUT2D eigenvalue weighted by Crippen LogP contribution is -2.08. The molecule has 1 aliphatic heterocycles. The highest BCUT2D eigenvalue weighted by Gasteiger charge is 2.57.